The molecule has 2 bridgehead atoms. The molecule has 0 aliphatic heterocycles. The molecule has 4 aliphatic carbocycles. The molecule has 0 heterocycles. The van der Waals surface area contributed by atoms with E-state index < -0.39 is 25.4 Å². The number of hydroxylamine groups is 1. The van der Waals surface area contributed by atoms with Gasteiger partial charge in [0.25, 0.3) is 0 Å². The molecule has 272 valence electrons. The summed E-state index contributed by atoms with van der Waals surface area (Å²) >= 11 is 0. The van der Waals surface area contributed by atoms with Crippen LogP contribution in [0.25, 0.3) is 0 Å². The lowest BCUT2D eigenvalue weighted by atomic mass is 9.56. The summed E-state index contributed by atoms with van der Waals surface area (Å²) in [5.41, 5.74) is 2.53. The number of ether oxygens (including phenoxy) is 2. The number of unbranched alkanes of at least 4 members (excludes halogenated alkanes) is 15. The van der Waals surface area contributed by atoms with Crippen molar-refractivity contribution >= 4 is 13.8 Å². The average Bonchev–Trinajstić information content (AvgIpc) is 3.06. The van der Waals surface area contributed by atoms with Crippen LogP contribution in [0.5, 0.6) is 0 Å². The molecule has 0 aromatic rings. The quantitative estimate of drug-likeness (QED) is 0.0399. The summed E-state index contributed by atoms with van der Waals surface area (Å²) in [5.74, 6) is 0.384. The zero-order valence-corrected chi connectivity index (χ0v) is 31.0. The summed E-state index contributed by atoms with van der Waals surface area (Å²) in [5, 5.41) is 0. The summed E-state index contributed by atoms with van der Waals surface area (Å²) in [7, 11) is -4.65. The second-order valence-corrected chi connectivity index (χ2v) is 16.4. The van der Waals surface area contributed by atoms with Crippen LogP contribution in [-0.4, -0.2) is 37.4 Å². The first-order valence-electron chi connectivity index (χ1n) is 19.3. The first-order chi connectivity index (χ1) is 22.7. The summed E-state index contributed by atoms with van der Waals surface area (Å²) in [6, 6.07) is 0. The highest BCUT2D eigenvalue weighted by Crippen LogP contribution is 2.56. The van der Waals surface area contributed by atoms with Crippen molar-refractivity contribution in [2.24, 2.45) is 11.3 Å². The van der Waals surface area contributed by atoms with Gasteiger partial charge in [0.05, 0.1) is 13.2 Å². The predicted molar refractivity (Wildman–Crippen MR) is 186 cm³/mol. The Morgan fingerprint density at radius 1 is 0.894 bits per heavy atom. The standard InChI is InChI=1S/C38H68NO7P/c1-4-5-6-7-8-9-10-11-12-13-14-15-16-17-18-19-29-43-31-36(45-33(2)40)32-44-47(41,42)46-39-37(3)25-20-21-35(30-37)38-26-22-34(23-27-38)24-28-38/h20-21,25,34,36,39H,4-19,22-24,26-32H2,1-3H3,(H,41,42). The topological polar surface area (TPSA) is 111 Å². The monoisotopic (exact) mass is 681 g/mol. The highest BCUT2D eigenvalue weighted by atomic mass is 31.2. The van der Waals surface area contributed by atoms with Crippen molar-refractivity contribution in [1.29, 1.82) is 0 Å². The molecule has 2 N–H and O–H groups in total. The molecule has 3 fully saturated rings. The SMILES string of the molecule is CCCCCCCCCCCCCCCCCCOCC(COP(=O)([O-])O[NH2+]C1(C)C=CC=C(C23CCC(CC2)CC3)C1)OC(C)=O. The number of phosphoric acid groups is 1. The van der Waals surface area contributed by atoms with Gasteiger partial charge in [0.15, 0.2) is 0 Å². The van der Waals surface area contributed by atoms with E-state index in [2.05, 4.69) is 13.0 Å². The molecule has 4 aliphatic rings. The molecule has 0 radical (unpaired) electrons. The van der Waals surface area contributed by atoms with Crippen LogP contribution in [0.4, 0.5) is 0 Å². The molecule has 4 rings (SSSR count). The van der Waals surface area contributed by atoms with Gasteiger partial charge in [0, 0.05) is 20.0 Å². The number of nitrogens with two attached hydrogens (primary N) is 1. The van der Waals surface area contributed by atoms with E-state index in [4.69, 9.17) is 18.6 Å². The number of phosphoric ester groups is 1. The number of hydrogen-bond donors (Lipinski definition) is 1. The molecule has 3 unspecified atom stereocenters. The third-order valence-electron chi connectivity index (χ3n) is 10.8. The molecular weight excluding hydrogens is 613 g/mol. The molecular formula is C38H68NO7P. The number of allylic oxidation sites excluding steroid dienone is 2. The van der Waals surface area contributed by atoms with Crippen LogP contribution < -0.4 is 10.4 Å². The van der Waals surface area contributed by atoms with Gasteiger partial charge in [0.1, 0.15) is 11.6 Å². The zero-order chi connectivity index (χ0) is 33.9. The van der Waals surface area contributed by atoms with Crippen LogP contribution >= 0.6 is 7.82 Å². The zero-order valence-electron chi connectivity index (χ0n) is 30.2. The van der Waals surface area contributed by atoms with E-state index >= 15 is 0 Å². The third kappa shape index (κ3) is 16.0. The van der Waals surface area contributed by atoms with Crippen LogP contribution in [0.3, 0.4) is 0 Å². The van der Waals surface area contributed by atoms with Crippen molar-refractivity contribution in [3.8, 4) is 0 Å². The fourth-order valence-corrected chi connectivity index (χ4v) is 8.58. The van der Waals surface area contributed by atoms with Crippen LogP contribution in [0.2, 0.25) is 0 Å². The van der Waals surface area contributed by atoms with E-state index in [1.165, 1.54) is 146 Å². The number of quaternary nitrogens is 1. The normalized spacial score (nSPS) is 25.8. The minimum absolute atomic E-state index is 0.0829. The largest absolute Gasteiger partial charge is 0.752 e. The Bertz CT molecular complexity index is 979. The van der Waals surface area contributed by atoms with E-state index in [-0.39, 0.29) is 18.6 Å². The first kappa shape index (κ1) is 40.4. The maximum Gasteiger partial charge on any atom is 0.324 e. The molecule has 0 spiro atoms. The van der Waals surface area contributed by atoms with Gasteiger partial charge < -0.3 is 18.9 Å². The summed E-state index contributed by atoms with van der Waals surface area (Å²) in [6.07, 6.45) is 34.8. The number of carbonyl (C=O) groups is 1. The molecule has 0 aromatic heterocycles. The second-order valence-electron chi connectivity index (χ2n) is 15.1. The summed E-state index contributed by atoms with van der Waals surface area (Å²) < 4.78 is 34.1. The minimum atomic E-state index is -4.65. The number of fused-ring (bicyclic) bond motifs is 3. The Morgan fingerprint density at radius 2 is 1.43 bits per heavy atom. The third-order valence-corrected chi connectivity index (χ3v) is 11.6. The average molecular weight is 682 g/mol. The van der Waals surface area contributed by atoms with E-state index in [9.17, 15) is 14.3 Å². The molecule has 0 saturated heterocycles. The van der Waals surface area contributed by atoms with Crippen molar-refractivity contribution in [2.75, 3.05) is 19.8 Å². The van der Waals surface area contributed by atoms with Gasteiger partial charge in [-0.15, -0.1) is 4.62 Å². The Morgan fingerprint density at radius 3 is 1.96 bits per heavy atom. The van der Waals surface area contributed by atoms with Gasteiger partial charge in [-0.2, -0.15) is 5.48 Å². The van der Waals surface area contributed by atoms with Crippen LogP contribution in [-0.2, 0) is 28.0 Å². The number of esters is 1. The van der Waals surface area contributed by atoms with Gasteiger partial charge in [-0.25, -0.2) is 0 Å². The van der Waals surface area contributed by atoms with E-state index in [1.54, 1.807) is 0 Å². The van der Waals surface area contributed by atoms with Crippen LogP contribution in [0.15, 0.2) is 23.8 Å². The number of rotatable bonds is 27. The van der Waals surface area contributed by atoms with Crippen molar-refractivity contribution in [3.63, 3.8) is 0 Å². The molecule has 0 aromatic carbocycles. The van der Waals surface area contributed by atoms with Gasteiger partial charge in [0.2, 0.25) is 0 Å². The molecule has 8 nitrogen and oxygen atoms in total. The summed E-state index contributed by atoms with van der Waals surface area (Å²) in [4.78, 5) is 24.3. The Hall–Kier alpha value is -1.02. The molecule has 9 heteroatoms. The fraction of sp³-hybridized carbons (Fsp3) is 0.868. The Labute approximate surface area is 286 Å². The van der Waals surface area contributed by atoms with E-state index in [0.717, 1.165) is 25.2 Å². The lowest BCUT2D eigenvalue weighted by Crippen LogP contribution is -2.94. The van der Waals surface area contributed by atoms with Crippen molar-refractivity contribution in [2.45, 2.75) is 180 Å². The number of hydrogen-bond acceptors (Lipinski definition) is 7. The van der Waals surface area contributed by atoms with Crippen molar-refractivity contribution < 1.29 is 38.4 Å². The Balaban J connectivity index is 1.22. The van der Waals surface area contributed by atoms with E-state index in [1.807, 2.05) is 19.1 Å². The molecule has 47 heavy (non-hydrogen) atoms. The summed E-state index contributed by atoms with van der Waals surface area (Å²) in [6.45, 7) is 5.85. The highest BCUT2D eigenvalue weighted by Gasteiger charge is 2.45. The fourth-order valence-electron chi connectivity index (χ4n) is 7.80. The van der Waals surface area contributed by atoms with Gasteiger partial charge in [-0.3, -0.25) is 9.36 Å². The highest BCUT2D eigenvalue weighted by molar-refractivity contribution is 7.45. The van der Waals surface area contributed by atoms with Crippen molar-refractivity contribution in [3.05, 3.63) is 23.8 Å². The van der Waals surface area contributed by atoms with Gasteiger partial charge in [-0.1, -0.05) is 121 Å². The maximum atomic E-state index is 12.7. The van der Waals surface area contributed by atoms with Gasteiger partial charge >= 0.3 is 13.8 Å². The lowest BCUT2D eigenvalue weighted by Gasteiger charge is -2.49. The number of carbonyl (C=O) groups excluding carboxylic acids is 1. The van der Waals surface area contributed by atoms with E-state index in [0.29, 0.717) is 6.61 Å². The molecule has 3 atom stereocenters. The lowest BCUT2D eigenvalue weighted by molar-refractivity contribution is -0.907. The van der Waals surface area contributed by atoms with Crippen molar-refractivity contribution in [1.82, 2.24) is 0 Å². The predicted octanol–water partition coefficient (Wildman–Crippen LogP) is 8.79. The second kappa shape index (κ2) is 21.9. The van der Waals surface area contributed by atoms with Crippen LogP contribution in [0.1, 0.15) is 168 Å². The first-order valence-corrected chi connectivity index (χ1v) is 20.7. The maximum absolute atomic E-state index is 12.7. The Kier molecular flexibility index (Phi) is 18.9. The molecule has 0 amide bonds. The molecule has 3 saturated carbocycles. The van der Waals surface area contributed by atoms with Gasteiger partial charge in [-0.05, 0) is 69.3 Å². The smallest absolute Gasteiger partial charge is 0.324 e. The van der Waals surface area contributed by atoms with Crippen LogP contribution in [0, 0.1) is 11.3 Å². The minimum Gasteiger partial charge on any atom is -0.752 e.